The number of nitrogens with one attached hydrogen (secondary N) is 1. The van der Waals surface area contributed by atoms with Crippen LogP contribution in [0.25, 0.3) is 0 Å². The topological polar surface area (TPSA) is 34.4 Å². The molecule has 0 spiro atoms. The normalized spacial score (nSPS) is 11.8. The largest absolute Gasteiger partial charge is 0.467 e. The zero-order chi connectivity index (χ0) is 14.4. The number of hydrogen-bond donors (Lipinski definition) is 1. The van der Waals surface area contributed by atoms with Crippen LogP contribution in [0.4, 0.5) is 0 Å². The van der Waals surface area contributed by atoms with Crippen LogP contribution in [-0.4, -0.2) is 5.54 Å². The van der Waals surface area contributed by atoms with Crippen LogP contribution < -0.4 is 5.32 Å². The van der Waals surface area contributed by atoms with Crippen LogP contribution >= 0.6 is 0 Å². The Balaban J connectivity index is 1.83. The molecule has 0 fully saturated rings. The summed E-state index contributed by atoms with van der Waals surface area (Å²) in [6.07, 6.45) is 1.66. The lowest BCUT2D eigenvalue weighted by Gasteiger charge is -2.20. The minimum Gasteiger partial charge on any atom is -0.467 e. The molecule has 20 heavy (non-hydrogen) atoms. The van der Waals surface area contributed by atoms with E-state index in [1.165, 1.54) is 11.1 Å². The Morgan fingerprint density at radius 2 is 1.85 bits per heavy atom. The first-order valence-corrected chi connectivity index (χ1v) is 6.96. The van der Waals surface area contributed by atoms with Gasteiger partial charge in [-0.2, -0.15) is 0 Å². The van der Waals surface area contributed by atoms with Crippen LogP contribution in [0.5, 0.6) is 0 Å². The zero-order valence-corrected chi connectivity index (χ0v) is 12.5. The zero-order valence-electron chi connectivity index (χ0n) is 12.5. The van der Waals surface area contributed by atoms with Gasteiger partial charge in [-0.15, -0.1) is 0 Å². The smallest absolute Gasteiger partial charge is 0.129 e. The van der Waals surface area contributed by atoms with Gasteiger partial charge >= 0.3 is 0 Å². The second-order valence-electron chi connectivity index (χ2n) is 6.00. The van der Waals surface area contributed by atoms with E-state index in [9.17, 15) is 0 Å². The molecule has 0 bridgehead atoms. The van der Waals surface area contributed by atoms with Crippen molar-refractivity contribution in [1.29, 1.82) is 0 Å². The Morgan fingerprint density at radius 1 is 1.05 bits per heavy atom. The van der Waals surface area contributed by atoms with Gasteiger partial charge in [-0.05, 0) is 44.0 Å². The van der Waals surface area contributed by atoms with E-state index in [0.29, 0.717) is 13.2 Å². The van der Waals surface area contributed by atoms with Gasteiger partial charge in [0, 0.05) is 12.1 Å². The molecule has 1 heterocycles. The fraction of sp³-hybridized carbons (Fsp3) is 0.412. The van der Waals surface area contributed by atoms with E-state index in [4.69, 9.17) is 9.15 Å². The lowest BCUT2D eigenvalue weighted by atomic mass is 10.1. The molecule has 0 unspecified atom stereocenters. The molecule has 0 aliphatic heterocycles. The maximum absolute atomic E-state index is 5.65. The molecule has 3 nitrogen and oxygen atoms in total. The van der Waals surface area contributed by atoms with Crippen molar-refractivity contribution in [1.82, 2.24) is 5.32 Å². The molecular formula is C17H23NO2. The quantitative estimate of drug-likeness (QED) is 0.867. The van der Waals surface area contributed by atoms with Crippen molar-refractivity contribution in [3.8, 4) is 0 Å². The van der Waals surface area contributed by atoms with E-state index >= 15 is 0 Å². The van der Waals surface area contributed by atoms with Gasteiger partial charge in [0.2, 0.25) is 0 Å². The molecule has 1 aromatic heterocycles. The van der Waals surface area contributed by atoms with Crippen molar-refractivity contribution in [3.63, 3.8) is 0 Å². The third-order valence-electron chi connectivity index (χ3n) is 2.91. The minimum atomic E-state index is 0.131. The Kier molecular flexibility index (Phi) is 4.99. The molecule has 0 radical (unpaired) electrons. The summed E-state index contributed by atoms with van der Waals surface area (Å²) in [6, 6.07) is 12.3. The number of hydrogen-bond acceptors (Lipinski definition) is 3. The molecule has 2 rings (SSSR count). The Morgan fingerprint density at radius 3 is 2.55 bits per heavy atom. The highest BCUT2D eigenvalue weighted by Crippen LogP contribution is 2.10. The second kappa shape index (κ2) is 6.73. The fourth-order valence-electron chi connectivity index (χ4n) is 1.86. The van der Waals surface area contributed by atoms with E-state index in [2.05, 4.69) is 50.4 Å². The first kappa shape index (κ1) is 14.8. The van der Waals surface area contributed by atoms with Crippen LogP contribution in [0.3, 0.4) is 0 Å². The summed E-state index contributed by atoms with van der Waals surface area (Å²) >= 11 is 0. The van der Waals surface area contributed by atoms with Crippen LogP contribution in [0.2, 0.25) is 0 Å². The summed E-state index contributed by atoms with van der Waals surface area (Å²) in [4.78, 5) is 0. The number of benzene rings is 1. The SMILES string of the molecule is CC(C)(C)NCc1cccc(COCc2ccco2)c1. The summed E-state index contributed by atoms with van der Waals surface area (Å²) in [5.74, 6) is 0.857. The number of ether oxygens (including phenoxy) is 1. The average molecular weight is 273 g/mol. The molecule has 0 atom stereocenters. The summed E-state index contributed by atoms with van der Waals surface area (Å²) < 4.78 is 10.9. The average Bonchev–Trinajstić information content (AvgIpc) is 2.89. The van der Waals surface area contributed by atoms with E-state index in [0.717, 1.165) is 12.3 Å². The number of rotatable bonds is 6. The van der Waals surface area contributed by atoms with Gasteiger partial charge < -0.3 is 14.5 Å². The third-order valence-corrected chi connectivity index (χ3v) is 2.91. The standard InChI is InChI=1S/C17H23NO2/c1-17(2,3)18-11-14-6-4-7-15(10-14)12-19-13-16-8-5-9-20-16/h4-10,18H,11-13H2,1-3H3. The van der Waals surface area contributed by atoms with Gasteiger partial charge in [-0.3, -0.25) is 0 Å². The Bertz CT molecular complexity index is 512. The molecular weight excluding hydrogens is 250 g/mol. The molecule has 0 saturated carbocycles. The minimum absolute atomic E-state index is 0.131. The van der Waals surface area contributed by atoms with Crippen molar-refractivity contribution in [3.05, 3.63) is 59.5 Å². The highest BCUT2D eigenvalue weighted by Gasteiger charge is 2.08. The highest BCUT2D eigenvalue weighted by molar-refractivity contribution is 5.23. The highest BCUT2D eigenvalue weighted by atomic mass is 16.5. The van der Waals surface area contributed by atoms with Gasteiger partial charge in [0.1, 0.15) is 12.4 Å². The molecule has 1 N–H and O–H groups in total. The first-order chi connectivity index (χ1) is 9.53. The first-order valence-electron chi connectivity index (χ1n) is 6.96. The van der Waals surface area contributed by atoms with Crippen LogP contribution in [0.1, 0.15) is 37.7 Å². The van der Waals surface area contributed by atoms with E-state index < -0.39 is 0 Å². The molecule has 0 aliphatic carbocycles. The van der Waals surface area contributed by atoms with Gasteiger partial charge in [0.15, 0.2) is 0 Å². The van der Waals surface area contributed by atoms with Gasteiger partial charge in [0.25, 0.3) is 0 Å². The molecule has 0 saturated heterocycles. The van der Waals surface area contributed by atoms with Crippen LogP contribution in [0.15, 0.2) is 47.1 Å². The third kappa shape index (κ3) is 5.19. The Hall–Kier alpha value is -1.58. The van der Waals surface area contributed by atoms with E-state index in [1.54, 1.807) is 6.26 Å². The van der Waals surface area contributed by atoms with Crippen molar-refractivity contribution in [2.75, 3.05) is 0 Å². The summed E-state index contributed by atoms with van der Waals surface area (Å²) in [7, 11) is 0. The summed E-state index contributed by atoms with van der Waals surface area (Å²) in [5.41, 5.74) is 2.59. The van der Waals surface area contributed by atoms with Crippen LogP contribution in [-0.2, 0) is 24.5 Å². The molecule has 3 heteroatoms. The molecule has 1 aromatic carbocycles. The second-order valence-corrected chi connectivity index (χ2v) is 6.00. The Labute approximate surface area is 121 Å². The van der Waals surface area contributed by atoms with E-state index in [1.807, 2.05) is 12.1 Å². The lowest BCUT2D eigenvalue weighted by Crippen LogP contribution is -2.35. The van der Waals surface area contributed by atoms with Crippen molar-refractivity contribution < 1.29 is 9.15 Å². The van der Waals surface area contributed by atoms with Crippen molar-refractivity contribution in [2.24, 2.45) is 0 Å². The van der Waals surface area contributed by atoms with Crippen LogP contribution in [0, 0.1) is 0 Å². The predicted molar refractivity (Wildman–Crippen MR) is 80.2 cm³/mol. The van der Waals surface area contributed by atoms with Gasteiger partial charge in [0.05, 0.1) is 12.9 Å². The lowest BCUT2D eigenvalue weighted by molar-refractivity contribution is 0.0929. The van der Waals surface area contributed by atoms with Gasteiger partial charge in [-0.1, -0.05) is 24.3 Å². The maximum Gasteiger partial charge on any atom is 0.129 e. The maximum atomic E-state index is 5.65. The van der Waals surface area contributed by atoms with Gasteiger partial charge in [-0.25, -0.2) is 0 Å². The monoisotopic (exact) mass is 273 g/mol. The molecule has 0 amide bonds. The molecule has 2 aromatic rings. The van der Waals surface area contributed by atoms with Crippen molar-refractivity contribution in [2.45, 2.75) is 46.1 Å². The van der Waals surface area contributed by atoms with E-state index in [-0.39, 0.29) is 5.54 Å². The molecule has 108 valence electrons. The fourth-order valence-corrected chi connectivity index (χ4v) is 1.86. The summed E-state index contributed by atoms with van der Waals surface area (Å²) in [5, 5.41) is 3.49. The summed E-state index contributed by atoms with van der Waals surface area (Å²) in [6.45, 7) is 8.49. The molecule has 0 aliphatic rings. The number of furan rings is 1. The van der Waals surface area contributed by atoms with Crippen molar-refractivity contribution >= 4 is 0 Å². The predicted octanol–water partition coefficient (Wildman–Crippen LogP) is 3.88.